The molecule has 2 atom stereocenters. The molecule has 2 aliphatic rings. The van der Waals surface area contributed by atoms with E-state index in [4.69, 9.17) is 16.6 Å². The summed E-state index contributed by atoms with van der Waals surface area (Å²) in [4.78, 5) is 2.62. The molecule has 0 unspecified atom stereocenters. The molecule has 2 aromatic rings. The minimum Gasteiger partial charge on any atom is -0.468 e. The van der Waals surface area contributed by atoms with Crippen LogP contribution >= 0.6 is 12.2 Å². The van der Waals surface area contributed by atoms with Crippen molar-refractivity contribution >= 4 is 23.0 Å². The molecule has 4 rings (SSSR count). The van der Waals surface area contributed by atoms with Gasteiger partial charge in [0.1, 0.15) is 5.76 Å². The largest absolute Gasteiger partial charge is 0.468 e. The Hall–Kier alpha value is -1.85. The maximum absolute atomic E-state index is 5.59. The zero-order valence-corrected chi connectivity index (χ0v) is 16.3. The number of aryl methyl sites for hydroxylation is 1. The van der Waals surface area contributed by atoms with Crippen LogP contribution in [0.15, 0.2) is 41.0 Å². The van der Waals surface area contributed by atoms with Crippen molar-refractivity contribution in [2.75, 3.05) is 5.32 Å². The van der Waals surface area contributed by atoms with Crippen LogP contribution in [0.25, 0.3) is 0 Å². The highest BCUT2D eigenvalue weighted by atomic mass is 32.1. The van der Waals surface area contributed by atoms with Crippen LogP contribution in [0.1, 0.15) is 42.6 Å². The first-order valence-corrected chi connectivity index (χ1v) is 9.93. The third-order valence-corrected chi connectivity index (χ3v) is 6.21. The molecule has 2 fully saturated rings. The smallest absolute Gasteiger partial charge is 0.171 e. The van der Waals surface area contributed by atoms with Gasteiger partial charge in [-0.15, -0.1) is 0 Å². The van der Waals surface area contributed by atoms with Crippen LogP contribution in [0.2, 0.25) is 0 Å². The van der Waals surface area contributed by atoms with Crippen molar-refractivity contribution in [1.29, 1.82) is 0 Å². The summed E-state index contributed by atoms with van der Waals surface area (Å²) in [6.45, 7) is 5.19. The monoisotopic (exact) mass is 369 g/mol. The number of rotatable bonds is 4. The van der Waals surface area contributed by atoms with E-state index in [-0.39, 0.29) is 0 Å². The average molecular weight is 370 g/mol. The van der Waals surface area contributed by atoms with E-state index in [0.29, 0.717) is 18.1 Å². The van der Waals surface area contributed by atoms with Crippen molar-refractivity contribution in [2.24, 2.45) is 0 Å². The standard InChI is InChI=1S/C21H27N3OS/c1-14-5-3-7-20(15(14)2)23-21(26)22-16-11-17-8-9-18(12-16)24(17)13-19-6-4-10-25-19/h3-7,10,16-18H,8-9,11-13H2,1-2H3,(H2,22,23,26)/t17-,18-/m0/s1. The molecular formula is C21H27N3OS. The summed E-state index contributed by atoms with van der Waals surface area (Å²) in [6, 6.07) is 12.0. The van der Waals surface area contributed by atoms with Crippen LogP contribution in [0, 0.1) is 13.8 Å². The fourth-order valence-electron chi connectivity index (χ4n) is 4.46. The molecule has 0 amide bonds. The summed E-state index contributed by atoms with van der Waals surface area (Å²) in [5.74, 6) is 1.07. The van der Waals surface area contributed by atoms with Gasteiger partial charge in [0.25, 0.3) is 0 Å². The number of anilines is 1. The number of hydrogen-bond donors (Lipinski definition) is 2. The number of nitrogens with one attached hydrogen (secondary N) is 2. The lowest BCUT2D eigenvalue weighted by atomic mass is 9.97. The van der Waals surface area contributed by atoms with Gasteiger partial charge in [-0.1, -0.05) is 12.1 Å². The lowest BCUT2D eigenvalue weighted by Crippen LogP contribution is -2.50. The number of nitrogens with zero attached hydrogens (tertiary/aromatic N) is 1. The van der Waals surface area contributed by atoms with Gasteiger partial charge in [0, 0.05) is 23.8 Å². The van der Waals surface area contributed by atoms with Crippen LogP contribution < -0.4 is 10.6 Å². The van der Waals surface area contributed by atoms with Crippen LogP contribution in [-0.2, 0) is 6.54 Å². The second-order valence-electron chi connectivity index (χ2n) is 7.65. The quantitative estimate of drug-likeness (QED) is 0.783. The van der Waals surface area contributed by atoms with Gasteiger partial charge in [-0.2, -0.15) is 0 Å². The lowest BCUT2D eigenvalue weighted by molar-refractivity contribution is 0.106. The normalized spacial score (nSPS) is 25.2. The fraction of sp³-hybridized carbons (Fsp3) is 0.476. The minimum atomic E-state index is 0.450. The Labute approximate surface area is 161 Å². The summed E-state index contributed by atoms with van der Waals surface area (Å²) in [5.41, 5.74) is 3.63. The Morgan fingerprint density at radius 1 is 1.15 bits per heavy atom. The van der Waals surface area contributed by atoms with Gasteiger partial charge in [0.05, 0.1) is 12.8 Å². The number of hydrogen-bond acceptors (Lipinski definition) is 3. The Kier molecular flexibility index (Phi) is 5.00. The predicted octanol–water partition coefficient (Wildman–Crippen LogP) is 4.38. The number of benzene rings is 1. The van der Waals surface area contributed by atoms with Gasteiger partial charge in [-0.3, -0.25) is 4.90 Å². The maximum atomic E-state index is 5.59. The first-order chi connectivity index (χ1) is 12.6. The van der Waals surface area contributed by atoms with Crippen LogP contribution in [-0.4, -0.2) is 28.1 Å². The number of thiocarbonyl (C=S) groups is 1. The highest BCUT2D eigenvalue weighted by Crippen LogP contribution is 2.37. The summed E-state index contributed by atoms with van der Waals surface area (Å²) in [7, 11) is 0. The molecule has 26 heavy (non-hydrogen) atoms. The van der Waals surface area contributed by atoms with Crippen LogP contribution in [0.4, 0.5) is 5.69 Å². The molecule has 4 nitrogen and oxygen atoms in total. The van der Waals surface area contributed by atoms with Crippen LogP contribution in [0.5, 0.6) is 0 Å². The van der Waals surface area contributed by atoms with E-state index in [9.17, 15) is 0 Å². The van der Waals surface area contributed by atoms with E-state index in [2.05, 4.69) is 53.6 Å². The van der Waals surface area contributed by atoms with Crippen molar-refractivity contribution in [2.45, 2.75) is 64.2 Å². The molecule has 2 N–H and O–H groups in total. The Morgan fingerprint density at radius 2 is 1.92 bits per heavy atom. The molecule has 3 heterocycles. The first-order valence-electron chi connectivity index (χ1n) is 9.52. The van der Waals surface area contributed by atoms with Gasteiger partial charge in [-0.25, -0.2) is 0 Å². The topological polar surface area (TPSA) is 40.4 Å². The lowest BCUT2D eigenvalue weighted by Gasteiger charge is -2.39. The second-order valence-corrected chi connectivity index (χ2v) is 8.06. The van der Waals surface area contributed by atoms with Crippen molar-refractivity contribution in [3.05, 3.63) is 53.5 Å². The molecule has 0 radical (unpaired) electrons. The molecule has 5 heteroatoms. The van der Waals surface area contributed by atoms with Gasteiger partial charge in [0.15, 0.2) is 5.11 Å². The third-order valence-electron chi connectivity index (χ3n) is 5.99. The molecule has 0 saturated carbocycles. The molecule has 2 saturated heterocycles. The van der Waals surface area contributed by atoms with E-state index < -0.39 is 0 Å². The molecule has 138 valence electrons. The minimum absolute atomic E-state index is 0.450. The molecule has 1 aromatic heterocycles. The fourth-order valence-corrected chi connectivity index (χ4v) is 4.74. The van der Waals surface area contributed by atoms with Crippen molar-refractivity contribution in [3.8, 4) is 0 Å². The molecule has 0 spiro atoms. The van der Waals surface area contributed by atoms with E-state index >= 15 is 0 Å². The molecular weight excluding hydrogens is 342 g/mol. The van der Waals surface area contributed by atoms with E-state index in [1.54, 1.807) is 6.26 Å². The summed E-state index contributed by atoms with van der Waals surface area (Å²) >= 11 is 5.59. The molecule has 2 aliphatic heterocycles. The number of fused-ring (bicyclic) bond motifs is 2. The summed E-state index contributed by atoms with van der Waals surface area (Å²) in [5, 5.41) is 7.69. The van der Waals surface area contributed by atoms with Crippen molar-refractivity contribution in [1.82, 2.24) is 10.2 Å². The summed E-state index contributed by atoms with van der Waals surface area (Å²) in [6.07, 6.45) is 6.61. The van der Waals surface area contributed by atoms with Gasteiger partial charge >= 0.3 is 0 Å². The molecule has 2 bridgehead atoms. The first kappa shape index (κ1) is 17.6. The Morgan fingerprint density at radius 3 is 2.62 bits per heavy atom. The zero-order valence-electron chi connectivity index (χ0n) is 15.5. The van der Waals surface area contributed by atoms with Crippen molar-refractivity contribution in [3.63, 3.8) is 0 Å². The zero-order chi connectivity index (χ0) is 18.1. The summed E-state index contributed by atoms with van der Waals surface area (Å²) < 4.78 is 5.55. The van der Waals surface area contributed by atoms with Crippen molar-refractivity contribution < 1.29 is 4.42 Å². The highest BCUT2D eigenvalue weighted by Gasteiger charge is 2.41. The van der Waals surface area contributed by atoms with E-state index in [1.165, 1.54) is 24.0 Å². The maximum Gasteiger partial charge on any atom is 0.171 e. The molecule has 1 aromatic carbocycles. The number of piperidine rings is 1. The average Bonchev–Trinajstić information content (AvgIpc) is 3.19. The third kappa shape index (κ3) is 3.64. The second kappa shape index (κ2) is 7.41. The van der Waals surface area contributed by atoms with E-state index in [0.717, 1.165) is 35.9 Å². The highest BCUT2D eigenvalue weighted by molar-refractivity contribution is 7.80. The van der Waals surface area contributed by atoms with E-state index in [1.807, 2.05) is 6.07 Å². The van der Waals surface area contributed by atoms with Crippen LogP contribution in [0.3, 0.4) is 0 Å². The van der Waals surface area contributed by atoms with Gasteiger partial charge in [0.2, 0.25) is 0 Å². The van der Waals surface area contributed by atoms with Gasteiger partial charge in [-0.05, 0) is 81.1 Å². The SMILES string of the molecule is Cc1cccc(NC(=S)NC2C[C@@H]3CC[C@@H](C2)N3Cc2ccco2)c1C. The number of furan rings is 1. The van der Waals surface area contributed by atoms with Gasteiger partial charge < -0.3 is 15.1 Å². The Bertz CT molecular complexity index is 760. The Balaban J connectivity index is 1.34. The molecule has 0 aliphatic carbocycles. The predicted molar refractivity (Wildman–Crippen MR) is 109 cm³/mol.